The predicted molar refractivity (Wildman–Crippen MR) is 79.6 cm³/mol. The van der Waals surface area contributed by atoms with Gasteiger partial charge in [-0.2, -0.15) is 0 Å². The van der Waals surface area contributed by atoms with E-state index in [1.807, 2.05) is 6.92 Å². The van der Waals surface area contributed by atoms with Crippen molar-refractivity contribution in [1.29, 1.82) is 0 Å². The van der Waals surface area contributed by atoms with Crippen LogP contribution in [0, 0.1) is 6.92 Å². The molecule has 0 radical (unpaired) electrons. The van der Waals surface area contributed by atoms with E-state index < -0.39 is 0 Å². The number of benzene rings is 1. The third-order valence-electron chi connectivity index (χ3n) is 4.10. The summed E-state index contributed by atoms with van der Waals surface area (Å²) in [7, 11) is 0. The summed E-state index contributed by atoms with van der Waals surface area (Å²) in [5.74, 6) is 1.62. The van der Waals surface area contributed by atoms with E-state index in [0.717, 1.165) is 11.7 Å². The highest BCUT2D eigenvalue weighted by atomic mass is 16.4. The highest BCUT2D eigenvalue weighted by molar-refractivity contribution is 5.35. The molecule has 0 aliphatic heterocycles. The molecule has 3 nitrogen and oxygen atoms in total. The molecule has 0 amide bonds. The molecular weight excluding hydrogens is 248 g/mol. The van der Waals surface area contributed by atoms with Gasteiger partial charge in [0.05, 0.1) is 12.7 Å². The van der Waals surface area contributed by atoms with Gasteiger partial charge in [0.2, 0.25) is 5.89 Å². The van der Waals surface area contributed by atoms with Crippen LogP contribution in [0.5, 0.6) is 0 Å². The first kappa shape index (κ1) is 13.4. The molecule has 1 N–H and O–H groups in total. The van der Waals surface area contributed by atoms with E-state index in [-0.39, 0.29) is 0 Å². The number of oxazole rings is 1. The minimum absolute atomic E-state index is 0.314. The van der Waals surface area contributed by atoms with Gasteiger partial charge in [0.1, 0.15) is 5.76 Å². The number of aromatic nitrogens is 1. The molecule has 0 saturated heterocycles. The van der Waals surface area contributed by atoms with Gasteiger partial charge in [-0.3, -0.25) is 0 Å². The van der Waals surface area contributed by atoms with E-state index in [1.165, 1.54) is 42.4 Å². The van der Waals surface area contributed by atoms with Crippen molar-refractivity contribution in [2.24, 2.45) is 0 Å². The first-order valence-corrected chi connectivity index (χ1v) is 7.49. The average molecular weight is 270 g/mol. The molecule has 0 spiro atoms. The van der Waals surface area contributed by atoms with Crippen LogP contribution in [0.25, 0.3) is 0 Å². The molecule has 1 heterocycles. The van der Waals surface area contributed by atoms with Crippen molar-refractivity contribution >= 4 is 0 Å². The first-order chi connectivity index (χ1) is 9.72. The van der Waals surface area contributed by atoms with Crippen LogP contribution in [0.3, 0.4) is 0 Å². The highest BCUT2D eigenvalue weighted by Crippen LogP contribution is 2.24. The molecule has 1 aromatic carbocycles. The summed E-state index contributed by atoms with van der Waals surface area (Å²) in [6.07, 6.45) is 6.90. The van der Waals surface area contributed by atoms with Crippen molar-refractivity contribution in [3.63, 3.8) is 0 Å². The molecule has 0 saturated carbocycles. The lowest BCUT2D eigenvalue weighted by atomic mass is 9.89. The number of rotatable bonds is 4. The van der Waals surface area contributed by atoms with Crippen LogP contribution in [-0.4, -0.2) is 4.98 Å². The minimum atomic E-state index is 0.314. The number of nitrogens with one attached hydrogen (secondary N) is 1. The smallest absolute Gasteiger partial charge is 0.208 e. The maximum atomic E-state index is 5.49. The van der Waals surface area contributed by atoms with E-state index in [1.54, 1.807) is 6.20 Å². The van der Waals surface area contributed by atoms with Gasteiger partial charge in [0.15, 0.2) is 0 Å². The zero-order chi connectivity index (χ0) is 13.9. The van der Waals surface area contributed by atoms with Gasteiger partial charge >= 0.3 is 0 Å². The Kier molecular flexibility index (Phi) is 3.88. The predicted octanol–water partition coefficient (Wildman–Crippen LogP) is 3.71. The summed E-state index contributed by atoms with van der Waals surface area (Å²) in [5, 5.41) is 3.48. The van der Waals surface area contributed by atoms with Crippen molar-refractivity contribution in [2.75, 3.05) is 0 Å². The van der Waals surface area contributed by atoms with Crippen molar-refractivity contribution in [2.45, 2.75) is 52.1 Å². The lowest BCUT2D eigenvalue weighted by Gasteiger charge is -2.19. The molecule has 0 fully saturated rings. The Balaban J connectivity index is 1.66. The second-order valence-corrected chi connectivity index (χ2v) is 5.70. The Morgan fingerprint density at radius 1 is 1.25 bits per heavy atom. The summed E-state index contributed by atoms with van der Waals surface area (Å²) < 4.78 is 5.49. The molecule has 1 unspecified atom stereocenters. The molecule has 1 aliphatic carbocycles. The zero-order valence-corrected chi connectivity index (χ0v) is 12.3. The third-order valence-corrected chi connectivity index (χ3v) is 4.10. The average Bonchev–Trinajstić information content (AvgIpc) is 2.90. The Hall–Kier alpha value is -1.61. The van der Waals surface area contributed by atoms with Crippen LogP contribution in [0.2, 0.25) is 0 Å². The number of nitrogens with zero attached hydrogens (tertiary/aromatic N) is 1. The Labute approximate surface area is 120 Å². The molecule has 3 rings (SSSR count). The lowest BCUT2D eigenvalue weighted by Crippen LogP contribution is -2.18. The first-order valence-electron chi connectivity index (χ1n) is 7.49. The number of hydrogen-bond donors (Lipinski definition) is 1. The van der Waals surface area contributed by atoms with Gasteiger partial charge in [0, 0.05) is 6.04 Å². The molecular formula is C17H22N2O. The molecule has 1 aliphatic rings. The van der Waals surface area contributed by atoms with Gasteiger partial charge in [-0.25, -0.2) is 4.98 Å². The van der Waals surface area contributed by atoms with E-state index in [9.17, 15) is 0 Å². The van der Waals surface area contributed by atoms with Gasteiger partial charge in [-0.1, -0.05) is 18.2 Å². The SMILES string of the molecule is Cc1cnc(CNC(C)c2ccc3c(c2)CCCC3)o1. The van der Waals surface area contributed by atoms with E-state index in [4.69, 9.17) is 4.42 Å². The van der Waals surface area contributed by atoms with E-state index in [0.29, 0.717) is 12.6 Å². The molecule has 20 heavy (non-hydrogen) atoms. The fourth-order valence-electron chi connectivity index (χ4n) is 2.86. The monoisotopic (exact) mass is 270 g/mol. The Morgan fingerprint density at radius 3 is 2.80 bits per heavy atom. The van der Waals surface area contributed by atoms with Gasteiger partial charge in [-0.05, 0) is 56.2 Å². The summed E-state index contributed by atoms with van der Waals surface area (Å²) in [4.78, 5) is 4.22. The van der Waals surface area contributed by atoms with Gasteiger partial charge in [-0.15, -0.1) is 0 Å². The van der Waals surface area contributed by atoms with Crippen LogP contribution < -0.4 is 5.32 Å². The molecule has 106 valence electrons. The second kappa shape index (κ2) is 5.80. The number of fused-ring (bicyclic) bond motifs is 1. The maximum absolute atomic E-state index is 5.49. The van der Waals surface area contributed by atoms with Crippen molar-refractivity contribution in [3.05, 3.63) is 52.7 Å². The largest absolute Gasteiger partial charge is 0.445 e. The third kappa shape index (κ3) is 2.93. The van der Waals surface area contributed by atoms with Crippen molar-refractivity contribution in [3.8, 4) is 0 Å². The highest BCUT2D eigenvalue weighted by Gasteiger charge is 2.12. The zero-order valence-electron chi connectivity index (χ0n) is 12.3. The molecule has 3 heteroatoms. The van der Waals surface area contributed by atoms with Crippen LogP contribution >= 0.6 is 0 Å². The maximum Gasteiger partial charge on any atom is 0.208 e. The fourth-order valence-corrected chi connectivity index (χ4v) is 2.86. The topological polar surface area (TPSA) is 38.1 Å². The van der Waals surface area contributed by atoms with Crippen molar-refractivity contribution < 1.29 is 4.42 Å². The Morgan fingerprint density at radius 2 is 2.05 bits per heavy atom. The summed E-state index contributed by atoms with van der Waals surface area (Å²) >= 11 is 0. The molecule has 2 aromatic rings. The summed E-state index contributed by atoms with van der Waals surface area (Å²) in [6.45, 7) is 4.79. The molecule has 1 atom stereocenters. The lowest BCUT2D eigenvalue weighted by molar-refractivity contribution is 0.432. The summed E-state index contributed by atoms with van der Waals surface area (Å²) in [6, 6.07) is 7.24. The number of hydrogen-bond acceptors (Lipinski definition) is 3. The standard InChI is InChI=1S/C17H22N2O/c1-12-10-19-17(20-12)11-18-13(2)15-8-7-14-5-3-4-6-16(14)9-15/h7-10,13,18H,3-6,11H2,1-2H3. The van der Waals surface area contributed by atoms with Crippen LogP contribution in [-0.2, 0) is 19.4 Å². The number of aryl methyl sites for hydroxylation is 3. The fraction of sp³-hybridized carbons (Fsp3) is 0.471. The van der Waals surface area contributed by atoms with Gasteiger partial charge in [0.25, 0.3) is 0 Å². The van der Waals surface area contributed by atoms with Crippen molar-refractivity contribution in [1.82, 2.24) is 10.3 Å². The molecule has 1 aromatic heterocycles. The van der Waals surface area contributed by atoms with E-state index in [2.05, 4.69) is 35.4 Å². The Bertz CT molecular complexity index is 588. The van der Waals surface area contributed by atoms with Gasteiger partial charge < -0.3 is 9.73 Å². The van der Waals surface area contributed by atoms with Crippen LogP contribution in [0.1, 0.15) is 54.1 Å². The van der Waals surface area contributed by atoms with Crippen LogP contribution in [0.4, 0.5) is 0 Å². The minimum Gasteiger partial charge on any atom is -0.445 e. The quantitative estimate of drug-likeness (QED) is 0.920. The molecule has 0 bridgehead atoms. The van der Waals surface area contributed by atoms with E-state index >= 15 is 0 Å². The normalized spacial score (nSPS) is 15.9. The summed E-state index contributed by atoms with van der Waals surface area (Å²) in [5.41, 5.74) is 4.43. The van der Waals surface area contributed by atoms with Crippen LogP contribution in [0.15, 0.2) is 28.8 Å². The second-order valence-electron chi connectivity index (χ2n) is 5.70.